The summed E-state index contributed by atoms with van der Waals surface area (Å²) in [5, 5.41) is 3.42. The van der Waals surface area contributed by atoms with Crippen LogP contribution in [-0.2, 0) is 6.42 Å². The maximum Gasteiger partial charge on any atom is 0.298 e. The molecule has 7 heteroatoms. The van der Waals surface area contributed by atoms with Gasteiger partial charge in [-0.2, -0.15) is 9.36 Å². The summed E-state index contributed by atoms with van der Waals surface area (Å²) in [6, 6.07) is 13.4. The predicted molar refractivity (Wildman–Crippen MR) is 114 cm³/mol. The van der Waals surface area contributed by atoms with Crippen LogP contribution in [0.1, 0.15) is 47.6 Å². The van der Waals surface area contributed by atoms with Gasteiger partial charge in [-0.1, -0.05) is 25.1 Å². The molecule has 0 aliphatic carbocycles. The topological polar surface area (TPSA) is 73.3 Å². The third-order valence-electron chi connectivity index (χ3n) is 4.58. The Balaban J connectivity index is 1.71. The highest BCUT2D eigenvalue weighted by atomic mass is 32.1. The van der Waals surface area contributed by atoms with Crippen LogP contribution in [-0.4, -0.2) is 28.4 Å². The van der Waals surface area contributed by atoms with Crippen LogP contribution in [0.25, 0.3) is 0 Å². The lowest BCUT2D eigenvalue weighted by molar-refractivity contribution is 0.0939. The number of hydrogen-bond donors (Lipinski definition) is 1. The van der Waals surface area contributed by atoms with Crippen LogP contribution in [0.2, 0.25) is 0 Å². The van der Waals surface area contributed by atoms with E-state index < -0.39 is 0 Å². The molecule has 0 saturated heterocycles. The first-order valence-electron chi connectivity index (χ1n) is 9.53. The second-order valence-corrected chi connectivity index (χ2v) is 7.58. The number of benzene rings is 2. The molecule has 0 bridgehead atoms. The summed E-state index contributed by atoms with van der Waals surface area (Å²) >= 11 is 1.20. The van der Waals surface area contributed by atoms with Crippen LogP contribution in [0.15, 0.2) is 42.5 Å². The number of carbonyl (C=O) groups is 1. The third-order valence-corrected chi connectivity index (χ3v) is 5.22. The second kappa shape index (κ2) is 9.52. The molecule has 1 unspecified atom stereocenters. The fourth-order valence-electron chi connectivity index (χ4n) is 2.67. The Morgan fingerprint density at radius 3 is 2.83 bits per heavy atom. The van der Waals surface area contributed by atoms with Crippen LogP contribution >= 0.6 is 11.5 Å². The van der Waals surface area contributed by atoms with E-state index in [0.29, 0.717) is 28.8 Å². The van der Waals surface area contributed by atoms with E-state index in [4.69, 9.17) is 9.47 Å². The number of aryl methyl sites for hydroxylation is 1. The smallest absolute Gasteiger partial charge is 0.298 e. The molecule has 6 nitrogen and oxygen atoms in total. The van der Waals surface area contributed by atoms with Crippen LogP contribution in [0.5, 0.6) is 16.7 Å². The lowest BCUT2D eigenvalue weighted by Gasteiger charge is -2.12. The fourth-order valence-corrected chi connectivity index (χ4v) is 3.23. The first-order chi connectivity index (χ1) is 14.0. The number of carbonyl (C=O) groups excluding carboxylic acids is 1. The van der Waals surface area contributed by atoms with Crippen molar-refractivity contribution < 1.29 is 14.3 Å². The number of ether oxygens (including phenoxy) is 2. The summed E-state index contributed by atoms with van der Waals surface area (Å²) in [6.45, 7) is 5.95. The van der Waals surface area contributed by atoms with E-state index in [1.54, 1.807) is 19.2 Å². The van der Waals surface area contributed by atoms with Gasteiger partial charge >= 0.3 is 0 Å². The standard InChI is InChI=1S/C22H25N3O3S/c1-5-15(3)23-21(26)17-10-9-14(2)19(13-17)28-22-24-20(25-29-22)12-16-7-6-8-18(11-16)27-4/h6-11,13,15H,5,12H2,1-4H3,(H,23,26). The van der Waals surface area contributed by atoms with Gasteiger partial charge in [0.15, 0.2) is 5.82 Å². The van der Waals surface area contributed by atoms with Gasteiger partial charge < -0.3 is 14.8 Å². The van der Waals surface area contributed by atoms with Crippen molar-refractivity contribution in [3.8, 4) is 16.7 Å². The number of aromatic nitrogens is 2. The van der Waals surface area contributed by atoms with Crippen molar-refractivity contribution in [2.75, 3.05) is 7.11 Å². The van der Waals surface area contributed by atoms with E-state index >= 15 is 0 Å². The highest BCUT2D eigenvalue weighted by Crippen LogP contribution is 2.28. The number of nitrogens with zero attached hydrogens (tertiary/aromatic N) is 2. The summed E-state index contributed by atoms with van der Waals surface area (Å²) in [6.07, 6.45) is 1.47. The molecule has 0 aliphatic heterocycles. The minimum atomic E-state index is -0.111. The molecule has 3 rings (SSSR count). The van der Waals surface area contributed by atoms with Gasteiger partial charge in [-0.25, -0.2) is 0 Å². The van der Waals surface area contributed by atoms with E-state index in [9.17, 15) is 4.79 Å². The van der Waals surface area contributed by atoms with Crippen molar-refractivity contribution >= 4 is 17.4 Å². The van der Waals surface area contributed by atoms with Crippen molar-refractivity contribution in [3.63, 3.8) is 0 Å². The predicted octanol–water partition coefficient (Wildman–Crippen LogP) is 4.77. The lowest BCUT2D eigenvalue weighted by atomic mass is 10.1. The minimum absolute atomic E-state index is 0.111. The quantitative estimate of drug-likeness (QED) is 0.578. The van der Waals surface area contributed by atoms with Crippen molar-refractivity contribution in [2.45, 2.75) is 39.7 Å². The lowest BCUT2D eigenvalue weighted by Crippen LogP contribution is -2.31. The van der Waals surface area contributed by atoms with Crippen LogP contribution < -0.4 is 14.8 Å². The molecule has 0 fully saturated rings. The zero-order valence-electron chi connectivity index (χ0n) is 17.1. The summed E-state index contributed by atoms with van der Waals surface area (Å²) in [5.74, 6) is 1.98. The maximum absolute atomic E-state index is 12.4. The van der Waals surface area contributed by atoms with Gasteiger partial charge in [0.25, 0.3) is 11.1 Å². The number of rotatable bonds is 8. The monoisotopic (exact) mass is 411 g/mol. The largest absolute Gasteiger partial charge is 0.497 e. The summed E-state index contributed by atoms with van der Waals surface area (Å²) in [4.78, 5) is 16.9. The summed E-state index contributed by atoms with van der Waals surface area (Å²) in [7, 11) is 1.64. The fraction of sp³-hybridized carbons (Fsp3) is 0.318. The van der Waals surface area contributed by atoms with E-state index in [0.717, 1.165) is 23.3 Å². The molecule has 1 heterocycles. The molecule has 3 aromatic rings. The van der Waals surface area contributed by atoms with Gasteiger partial charge in [-0.15, -0.1) is 0 Å². The minimum Gasteiger partial charge on any atom is -0.497 e. The average molecular weight is 412 g/mol. The van der Waals surface area contributed by atoms with Gasteiger partial charge in [0, 0.05) is 29.6 Å². The SMILES string of the molecule is CCC(C)NC(=O)c1ccc(C)c(Oc2nc(Cc3cccc(OC)c3)ns2)c1. The van der Waals surface area contributed by atoms with Gasteiger partial charge in [0.05, 0.1) is 7.11 Å². The average Bonchev–Trinajstić information content (AvgIpc) is 3.16. The Labute approximate surface area is 175 Å². The number of nitrogens with one attached hydrogen (secondary N) is 1. The molecular weight excluding hydrogens is 386 g/mol. The Morgan fingerprint density at radius 2 is 2.07 bits per heavy atom. The molecule has 29 heavy (non-hydrogen) atoms. The molecular formula is C22H25N3O3S. The van der Waals surface area contributed by atoms with Gasteiger partial charge in [0.1, 0.15) is 11.5 Å². The van der Waals surface area contributed by atoms with Crippen molar-refractivity contribution in [1.29, 1.82) is 0 Å². The van der Waals surface area contributed by atoms with E-state index in [-0.39, 0.29) is 11.9 Å². The summed E-state index contributed by atoms with van der Waals surface area (Å²) < 4.78 is 15.6. The number of hydrogen-bond acceptors (Lipinski definition) is 6. The van der Waals surface area contributed by atoms with Crippen molar-refractivity contribution in [3.05, 3.63) is 65.0 Å². The van der Waals surface area contributed by atoms with Gasteiger partial charge in [-0.05, 0) is 55.7 Å². The Bertz CT molecular complexity index is 987. The first kappa shape index (κ1) is 20.8. The molecule has 152 valence electrons. The highest BCUT2D eigenvalue weighted by Gasteiger charge is 2.13. The molecule has 2 aromatic carbocycles. The molecule has 1 aromatic heterocycles. The second-order valence-electron chi connectivity index (χ2n) is 6.87. The molecule has 0 saturated carbocycles. The Hall–Kier alpha value is -2.93. The molecule has 1 N–H and O–H groups in total. The van der Waals surface area contributed by atoms with E-state index in [1.807, 2.05) is 51.1 Å². The van der Waals surface area contributed by atoms with E-state index in [1.165, 1.54) is 11.5 Å². The zero-order valence-corrected chi connectivity index (χ0v) is 17.9. The summed E-state index contributed by atoms with van der Waals surface area (Å²) in [5.41, 5.74) is 2.55. The van der Waals surface area contributed by atoms with Crippen molar-refractivity contribution in [2.24, 2.45) is 0 Å². The van der Waals surface area contributed by atoms with Gasteiger partial charge in [0.2, 0.25) is 0 Å². The van der Waals surface area contributed by atoms with Gasteiger partial charge in [-0.3, -0.25) is 4.79 Å². The zero-order chi connectivity index (χ0) is 20.8. The Kier molecular flexibility index (Phi) is 6.82. The molecule has 0 spiro atoms. The molecule has 0 aliphatic rings. The van der Waals surface area contributed by atoms with Crippen LogP contribution in [0.4, 0.5) is 0 Å². The number of amides is 1. The normalized spacial score (nSPS) is 11.7. The van der Waals surface area contributed by atoms with Crippen molar-refractivity contribution in [1.82, 2.24) is 14.7 Å². The highest BCUT2D eigenvalue weighted by molar-refractivity contribution is 7.07. The van der Waals surface area contributed by atoms with Crippen LogP contribution in [0.3, 0.4) is 0 Å². The maximum atomic E-state index is 12.4. The third kappa shape index (κ3) is 5.54. The molecule has 0 radical (unpaired) electrons. The Morgan fingerprint density at radius 1 is 1.24 bits per heavy atom. The van der Waals surface area contributed by atoms with E-state index in [2.05, 4.69) is 14.7 Å². The number of methoxy groups -OCH3 is 1. The molecule has 1 amide bonds. The molecule has 1 atom stereocenters. The first-order valence-corrected chi connectivity index (χ1v) is 10.3. The van der Waals surface area contributed by atoms with Crippen LogP contribution in [0, 0.1) is 6.92 Å².